The van der Waals surface area contributed by atoms with Crippen molar-refractivity contribution in [1.82, 2.24) is 0 Å². The van der Waals surface area contributed by atoms with Crippen LogP contribution in [0.25, 0.3) is 0 Å². The quantitative estimate of drug-likeness (QED) is 0.365. The van der Waals surface area contributed by atoms with E-state index in [9.17, 15) is 0 Å². The molecule has 1 aliphatic carbocycles. The van der Waals surface area contributed by atoms with Gasteiger partial charge in [-0.15, -0.1) is 0 Å². The SMILES string of the molecule is CCC1(COC[C@H]2CCCCCCC[C@@](C)(COCC3(CC)COC3)CCCC2)COC1. The third-order valence-corrected chi connectivity index (χ3v) is 8.79. The maximum absolute atomic E-state index is 6.35. The van der Waals surface area contributed by atoms with Crippen LogP contribution in [0.15, 0.2) is 0 Å². The monoisotopic (exact) mass is 452 g/mol. The molecule has 3 fully saturated rings. The lowest BCUT2D eigenvalue weighted by Crippen LogP contribution is -2.46. The van der Waals surface area contributed by atoms with E-state index in [2.05, 4.69) is 20.8 Å². The van der Waals surface area contributed by atoms with Gasteiger partial charge in [0, 0.05) is 17.4 Å². The minimum Gasteiger partial charge on any atom is -0.380 e. The zero-order valence-corrected chi connectivity index (χ0v) is 21.6. The summed E-state index contributed by atoms with van der Waals surface area (Å²) in [7, 11) is 0. The van der Waals surface area contributed by atoms with Gasteiger partial charge in [0.05, 0.1) is 46.2 Å². The third kappa shape index (κ3) is 7.96. The summed E-state index contributed by atoms with van der Waals surface area (Å²) in [5, 5.41) is 0. The average molecular weight is 453 g/mol. The molecule has 188 valence electrons. The molecule has 0 bridgehead atoms. The van der Waals surface area contributed by atoms with Crippen molar-refractivity contribution in [3.05, 3.63) is 0 Å². The molecule has 2 heterocycles. The molecular formula is C28H52O4. The lowest BCUT2D eigenvalue weighted by atomic mass is 9.80. The molecule has 0 aromatic carbocycles. The Kier molecular flexibility index (Phi) is 10.8. The van der Waals surface area contributed by atoms with E-state index < -0.39 is 0 Å². The fraction of sp³-hybridized carbons (Fsp3) is 1.00. The Labute approximate surface area is 198 Å². The van der Waals surface area contributed by atoms with E-state index in [-0.39, 0.29) is 0 Å². The fourth-order valence-corrected chi connectivity index (χ4v) is 5.60. The van der Waals surface area contributed by atoms with E-state index in [0.717, 1.165) is 58.8 Å². The number of hydrogen-bond donors (Lipinski definition) is 0. The van der Waals surface area contributed by atoms with Crippen LogP contribution in [-0.2, 0) is 18.9 Å². The van der Waals surface area contributed by atoms with Crippen molar-refractivity contribution >= 4 is 0 Å². The Balaban J connectivity index is 1.41. The van der Waals surface area contributed by atoms with Gasteiger partial charge in [-0.05, 0) is 49.9 Å². The van der Waals surface area contributed by atoms with Crippen molar-refractivity contribution in [2.24, 2.45) is 22.2 Å². The molecule has 32 heavy (non-hydrogen) atoms. The van der Waals surface area contributed by atoms with Crippen LogP contribution < -0.4 is 0 Å². The first-order valence-corrected chi connectivity index (χ1v) is 13.8. The Hall–Kier alpha value is -0.160. The van der Waals surface area contributed by atoms with Crippen LogP contribution in [0.4, 0.5) is 0 Å². The van der Waals surface area contributed by atoms with Crippen molar-refractivity contribution in [2.75, 3.05) is 52.9 Å². The largest absolute Gasteiger partial charge is 0.380 e. The predicted octanol–water partition coefficient (Wildman–Crippen LogP) is 6.80. The Bertz CT molecular complexity index is 503. The molecule has 2 atom stereocenters. The first-order valence-electron chi connectivity index (χ1n) is 13.8. The molecule has 0 N–H and O–H groups in total. The van der Waals surface area contributed by atoms with Crippen molar-refractivity contribution < 1.29 is 18.9 Å². The van der Waals surface area contributed by atoms with E-state index in [1.807, 2.05) is 0 Å². The average Bonchev–Trinajstić information content (AvgIpc) is 2.75. The van der Waals surface area contributed by atoms with Crippen LogP contribution in [0.3, 0.4) is 0 Å². The number of ether oxygens (including phenoxy) is 4. The summed E-state index contributed by atoms with van der Waals surface area (Å²) < 4.78 is 23.5. The van der Waals surface area contributed by atoms with E-state index in [4.69, 9.17) is 18.9 Å². The van der Waals surface area contributed by atoms with Gasteiger partial charge < -0.3 is 18.9 Å². The summed E-state index contributed by atoms with van der Waals surface area (Å²) in [6.07, 6.45) is 17.2. The highest BCUT2D eigenvalue weighted by Crippen LogP contribution is 2.36. The normalized spacial score (nSPS) is 31.4. The molecule has 4 nitrogen and oxygen atoms in total. The maximum Gasteiger partial charge on any atom is 0.0566 e. The van der Waals surface area contributed by atoms with E-state index in [1.54, 1.807) is 0 Å². The molecule has 0 radical (unpaired) electrons. The van der Waals surface area contributed by atoms with Crippen LogP contribution >= 0.6 is 0 Å². The second kappa shape index (κ2) is 13.1. The van der Waals surface area contributed by atoms with Gasteiger partial charge in [-0.2, -0.15) is 0 Å². The lowest BCUT2D eigenvalue weighted by molar-refractivity contribution is -0.157. The molecule has 0 amide bonds. The van der Waals surface area contributed by atoms with Crippen molar-refractivity contribution in [1.29, 1.82) is 0 Å². The number of hydrogen-bond acceptors (Lipinski definition) is 4. The van der Waals surface area contributed by atoms with Gasteiger partial charge >= 0.3 is 0 Å². The highest BCUT2D eigenvalue weighted by Gasteiger charge is 2.38. The summed E-state index contributed by atoms with van der Waals surface area (Å²) in [6.45, 7) is 14.2. The third-order valence-electron chi connectivity index (χ3n) is 8.79. The molecular weight excluding hydrogens is 400 g/mol. The standard InChI is InChI=1S/C28H52O4/c1-4-27(21-31-22-27)19-29-17-25-13-9-7-6-8-11-15-26(3,16-12-10-14-25)18-30-20-28(5-2)23-32-24-28/h25H,4-24H2,1-3H3/t25-,26+/m0/s1. The van der Waals surface area contributed by atoms with Crippen LogP contribution in [0.5, 0.6) is 0 Å². The molecule has 0 spiro atoms. The summed E-state index contributed by atoms with van der Waals surface area (Å²) >= 11 is 0. The van der Waals surface area contributed by atoms with Crippen LogP contribution in [0.2, 0.25) is 0 Å². The summed E-state index contributed by atoms with van der Waals surface area (Å²) in [5.74, 6) is 0.733. The summed E-state index contributed by atoms with van der Waals surface area (Å²) in [4.78, 5) is 0. The van der Waals surface area contributed by atoms with Crippen molar-refractivity contribution in [3.8, 4) is 0 Å². The highest BCUT2D eigenvalue weighted by molar-refractivity contribution is 4.85. The zero-order valence-electron chi connectivity index (χ0n) is 21.6. The highest BCUT2D eigenvalue weighted by atomic mass is 16.5. The molecule has 0 unspecified atom stereocenters. The van der Waals surface area contributed by atoms with Crippen LogP contribution in [0.1, 0.15) is 104 Å². The first kappa shape index (κ1) is 26.4. The second-order valence-electron chi connectivity index (χ2n) is 11.9. The topological polar surface area (TPSA) is 36.9 Å². The first-order chi connectivity index (χ1) is 15.5. The Morgan fingerprint density at radius 3 is 1.72 bits per heavy atom. The molecule has 4 heteroatoms. The van der Waals surface area contributed by atoms with E-state index in [1.165, 1.54) is 83.5 Å². The van der Waals surface area contributed by atoms with Gasteiger partial charge in [-0.25, -0.2) is 0 Å². The van der Waals surface area contributed by atoms with Gasteiger partial charge in [-0.1, -0.05) is 65.7 Å². The maximum atomic E-state index is 6.35. The van der Waals surface area contributed by atoms with Gasteiger partial charge in [-0.3, -0.25) is 0 Å². The predicted molar refractivity (Wildman–Crippen MR) is 131 cm³/mol. The van der Waals surface area contributed by atoms with Gasteiger partial charge in [0.2, 0.25) is 0 Å². The smallest absolute Gasteiger partial charge is 0.0566 e. The van der Waals surface area contributed by atoms with Crippen LogP contribution in [0, 0.1) is 22.2 Å². The van der Waals surface area contributed by atoms with Crippen molar-refractivity contribution in [3.63, 3.8) is 0 Å². The minimum atomic E-state index is 0.300. The molecule has 2 saturated heterocycles. The zero-order chi connectivity index (χ0) is 22.8. The Morgan fingerprint density at radius 2 is 1.16 bits per heavy atom. The summed E-state index contributed by atoms with van der Waals surface area (Å²) in [5.41, 5.74) is 0.944. The lowest BCUT2D eigenvalue weighted by Gasteiger charge is -2.41. The Morgan fingerprint density at radius 1 is 0.656 bits per heavy atom. The second-order valence-corrected chi connectivity index (χ2v) is 11.9. The van der Waals surface area contributed by atoms with Gasteiger partial charge in [0.1, 0.15) is 0 Å². The molecule has 0 aromatic heterocycles. The molecule has 0 aromatic rings. The van der Waals surface area contributed by atoms with Crippen LogP contribution in [-0.4, -0.2) is 52.9 Å². The number of rotatable bonds is 10. The van der Waals surface area contributed by atoms with E-state index in [0.29, 0.717) is 16.2 Å². The molecule has 3 rings (SSSR count). The summed E-state index contributed by atoms with van der Waals surface area (Å²) in [6, 6.07) is 0. The van der Waals surface area contributed by atoms with Gasteiger partial charge in [0.25, 0.3) is 0 Å². The van der Waals surface area contributed by atoms with Crippen molar-refractivity contribution in [2.45, 2.75) is 104 Å². The van der Waals surface area contributed by atoms with Gasteiger partial charge in [0.15, 0.2) is 0 Å². The van der Waals surface area contributed by atoms with E-state index >= 15 is 0 Å². The molecule has 3 aliphatic rings. The molecule has 1 saturated carbocycles. The molecule has 2 aliphatic heterocycles. The minimum absolute atomic E-state index is 0.300. The fourth-order valence-electron chi connectivity index (χ4n) is 5.60.